The average molecular weight is 475 g/mol. The Kier molecular flexibility index (Phi) is 7.29. The van der Waals surface area contributed by atoms with Crippen molar-refractivity contribution in [2.75, 3.05) is 44.8 Å². The van der Waals surface area contributed by atoms with E-state index < -0.39 is 0 Å². The molecule has 1 amide bonds. The van der Waals surface area contributed by atoms with Gasteiger partial charge in [0.05, 0.1) is 12.8 Å². The van der Waals surface area contributed by atoms with Crippen molar-refractivity contribution in [1.29, 1.82) is 0 Å². The summed E-state index contributed by atoms with van der Waals surface area (Å²) in [6.07, 6.45) is 0. The maximum Gasteiger partial charge on any atom is 0.260 e. The van der Waals surface area contributed by atoms with Crippen LogP contribution < -0.4 is 14.4 Å². The second kappa shape index (κ2) is 10.5. The van der Waals surface area contributed by atoms with Crippen LogP contribution in [0.4, 0.5) is 5.82 Å². The van der Waals surface area contributed by atoms with E-state index in [4.69, 9.17) is 9.47 Å². The summed E-state index contributed by atoms with van der Waals surface area (Å²) in [5.41, 5.74) is 4.86. The number of methoxy groups -OCH3 is 1. The van der Waals surface area contributed by atoms with E-state index in [0.717, 1.165) is 17.1 Å². The Hall–Kier alpha value is -3.94. The highest BCUT2D eigenvalue weighted by molar-refractivity contribution is 5.94. The molecule has 182 valence electrons. The Balaban J connectivity index is 1.31. The summed E-state index contributed by atoms with van der Waals surface area (Å²) in [5.74, 6) is 1.51. The van der Waals surface area contributed by atoms with Gasteiger partial charge in [0.1, 0.15) is 0 Å². The number of benzene rings is 2. The molecule has 0 N–H and O–H groups in total. The van der Waals surface area contributed by atoms with Crippen molar-refractivity contribution < 1.29 is 19.1 Å². The van der Waals surface area contributed by atoms with Crippen molar-refractivity contribution in [2.45, 2.75) is 20.8 Å². The van der Waals surface area contributed by atoms with Crippen LogP contribution in [0.3, 0.4) is 0 Å². The van der Waals surface area contributed by atoms with Crippen molar-refractivity contribution >= 4 is 17.5 Å². The summed E-state index contributed by atoms with van der Waals surface area (Å²) < 4.78 is 11.0. The maximum atomic E-state index is 12.7. The van der Waals surface area contributed by atoms with Gasteiger partial charge in [-0.05, 0) is 56.7 Å². The smallest absolute Gasteiger partial charge is 0.260 e. The van der Waals surface area contributed by atoms with Crippen molar-refractivity contribution in [2.24, 2.45) is 0 Å². The molecule has 0 atom stereocenters. The van der Waals surface area contributed by atoms with Gasteiger partial charge in [-0.3, -0.25) is 9.59 Å². The molecule has 8 heteroatoms. The Morgan fingerprint density at radius 2 is 1.69 bits per heavy atom. The highest BCUT2D eigenvalue weighted by atomic mass is 16.5. The number of piperazine rings is 1. The molecule has 35 heavy (non-hydrogen) atoms. The molecule has 0 aliphatic carbocycles. The van der Waals surface area contributed by atoms with Gasteiger partial charge in [0.2, 0.25) is 0 Å². The summed E-state index contributed by atoms with van der Waals surface area (Å²) in [7, 11) is 1.50. The van der Waals surface area contributed by atoms with Gasteiger partial charge in [0.25, 0.3) is 5.91 Å². The Morgan fingerprint density at radius 3 is 2.31 bits per heavy atom. The normalized spacial score (nSPS) is 13.5. The van der Waals surface area contributed by atoms with Gasteiger partial charge in [0.15, 0.2) is 29.7 Å². The molecule has 4 rings (SSSR count). The molecule has 0 spiro atoms. The van der Waals surface area contributed by atoms with Crippen LogP contribution in [-0.4, -0.2) is 66.7 Å². The van der Waals surface area contributed by atoms with Crippen molar-refractivity contribution in [3.05, 3.63) is 65.2 Å². The van der Waals surface area contributed by atoms with Crippen LogP contribution in [0, 0.1) is 13.8 Å². The fourth-order valence-corrected chi connectivity index (χ4v) is 4.16. The molecule has 0 bridgehead atoms. The summed E-state index contributed by atoms with van der Waals surface area (Å²) in [4.78, 5) is 28.2. The number of carbonyl (C=O) groups is 2. The lowest BCUT2D eigenvalue weighted by molar-refractivity contribution is -0.133. The molecule has 3 aromatic rings. The number of aromatic nitrogens is 2. The van der Waals surface area contributed by atoms with Crippen molar-refractivity contribution in [3.8, 4) is 22.8 Å². The zero-order chi connectivity index (χ0) is 24.9. The molecule has 1 aromatic heterocycles. The Labute approximate surface area is 205 Å². The molecule has 1 saturated heterocycles. The van der Waals surface area contributed by atoms with Gasteiger partial charge in [-0.2, -0.15) is 0 Å². The molecule has 0 radical (unpaired) electrons. The van der Waals surface area contributed by atoms with Gasteiger partial charge in [-0.15, -0.1) is 10.2 Å². The number of Topliss-reactive ketones (excluding diaryl/α,β-unsaturated/α-hetero) is 1. The zero-order valence-electron chi connectivity index (χ0n) is 20.6. The highest BCUT2D eigenvalue weighted by Crippen LogP contribution is 2.28. The second-order valence-corrected chi connectivity index (χ2v) is 8.67. The van der Waals surface area contributed by atoms with E-state index in [1.807, 2.05) is 12.1 Å². The van der Waals surface area contributed by atoms with Crippen molar-refractivity contribution in [1.82, 2.24) is 15.1 Å². The molecule has 2 heterocycles. The van der Waals surface area contributed by atoms with Crippen molar-refractivity contribution in [3.63, 3.8) is 0 Å². The molecule has 1 aliphatic rings. The molecule has 0 unspecified atom stereocenters. The number of hydrogen-bond acceptors (Lipinski definition) is 7. The van der Waals surface area contributed by atoms with Crippen LogP contribution in [-0.2, 0) is 4.79 Å². The van der Waals surface area contributed by atoms with E-state index in [0.29, 0.717) is 43.2 Å². The average Bonchev–Trinajstić information content (AvgIpc) is 2.87. The number of aryl methyl sites for hydroxylation is 2. The molecule has 1 fully saturated rings. The van der Waals surface area contributed by atoms with E-state index in [-0.39, 0.29) is 18.3 Å². The quantitative estimate of drug-likeness (QED) is 0.483. The van der Waals surface area contributed by atoms with Gasteiger partial charge < -0.3 is 19.3 Å². The molecule has 8 nitrogen and oxygen atoms in total. The Bertz CT molecular complexity index is 1220. The second-order valence-electron chi connectivity index (χ2n) is 8.67. The minimum Gasteiger partial charge on any atom is -0.493 e. The predicted molar refractivity (Wildman–Crippen MR) is 134 cm³/mol. The first kappa shape index (κ1) is 24.2. The van der Waals surface area contributed by atoms with Gasteiger partial charge in [0, 0.05) is 37.3 Å². The lowest BCUT2D eigenvalue weighted by atomic mass is 10.0. The lowest BCUT2D eigenvalue weighted by Gasteiger charge is -2.35. The van der Waals surface area contributed by atoms with Crippen LogP contribution in [0.2, 0.25) is 0 Å². The number of hydrogen-bond donors (Lipinski definition) is 0. The highest BCUT2D eigenvalue weighted by Gasteiger charge is 2.23. The third-order valence-electron chi connectivity index (χ3n) is 6.19. The molecular formula is C27H30N4O4. The number of ketones is 1. The number of anilines is 1. The first-order valence-electron chi connectivity index (χ1n) is 11.6. The maximum absolute atomic E-state index is 12.7. The fraction of sp³-hybridized carbons (Fsp3) is 0.333. The summed E-state index contributed by atoms with van der Waals surface area (Å²) in [5, 5.41) is 8.88. The predicted octanol–water partition coefficient (Wildman–Crippen LogP) is 3.70. The SMILES string of the molecule is COc1cc(C(C)=O)ccc1OCC(=O)N1CCN(c2ccc(-c3ccc(C)cc3C)nn2)CC1. The summed E-state index contributed by atoms with van der Waals surface area (Å²) in [6, 6.07) is 15.2. The van der Waals surface area contributed by atoms with E-state index in [1.54, 1.807) is 23.1 Å². The first-order chi connectivity index (χ1) is 16.9. The Morgan fingerprint density at radius 1 is 0.914 bits per heavy atom. The topological polar surface area (TPSA) is 84.9 Å². The number of amides is 1. The molecule has 0 saturated carbocycles. The third-order valence-corrected chi connectivity index (χ3v) is 6.19. The van der Waals surface area contributed by atoms with Crippen LogP contribution >= 0.6 is 0 Å². The number of carbonyl (C=O) groups excluding carboxylic acids is 2. The van der Waals surface area contributed by atoms with Crippen LogP contribution in [0.5, 0.6) is 11.5 Å². The van der Waals surface area contributed by atoms with Gasteiger partial charge >= 0.3 is 0 Å². The minimum atomic E-state index is -0.0985. The number of ether oxygens (including phenoxy) is 2. The van der Waals surface area contributed by atoms with E-state index in [1.165, 1.54) is 25.2 Å². The van der Waals surface area contributed by atoms with Gasteiger partial charge in [-0.1, -0.05) is 23.8 Å². The molecule has 1 aliphatic heterocycles. The van der Waals surface area contributed by atoms with Crippen LogP contribution in [0.15, 0.2) is 48.5 Å². The molecular weight excluding hydrogens is 444 g/mol. The summed E-state index contributed by atoms with van der Waals surface area (Å²) >= 11 is 0. The van der Waals surface area contributed by atoms with E-state index in [2.05, 4.69) is 47.1 Å². The van der Waals surface area contributed by atoms with Gasteiger partial charge in [-0.25, -0.2) is 0 Å². The lowest BCUT2D eigenvalue weighted by Crippen LogP contribution is -2.50. The standard InChI is InChI=1S/C27H30N4O4/c1-18-5-7-22(19(2)15-18)23-8-10-26(29-28-23)30-11-13-31(14-12-30)27(33)17-35-24-9-6-21(20(3)32)16-25(24)34-4/h5-10,15-16H,11-14,17H2,1-4H3. The molecule has 2 aromatic carbocycles. The third kappa shape index (κ3) is 5.59. The largest absolute Gasteiger partial charge is 0.493 e. The minimum absolute atomic E-state index is 0.0617. The van der Waals surface area contributed by atoms with E-state index >= 15 is 0 Å². The fourth-order valence-electron chi connectivity index (χ4n) is 4.16. The summed E-state index contributed by atoms with van der Waals surface area (Å²) in [6.45, 7) is 8.02. The monoisotopic (exact) mass is 474 g/mol. The zero-order valence-corrected chi connectivity index (χ0v) is 20.6. The number of nitrogens with zero attached hydrogens (tertiary/aromatic N) is 4. The van der Waals surface area contributed by atoms with Crippen LogP contribution in [0.25, 0.3) is 11.3 Å². The van der Waals surface area contributed by atoms with Crippen LogP contribution in [0.1, 0.15) is 28.4 Å². The van der Waals surface area contributed by atoms with E-state index in [9.17, 15) is 9.59 Å². The first-order valence-corrected chi connectivity index (χ1v) is 11.6. The number of rotatable bonds is 7.